The van der Waals surface area contributed by atoms with E-state index in [9.17, 15) is 0 Å². The Bertz CT molecular complexity index is 301. The van der Waals surface area contributed by atoms with Gasteiger partial charge in [0.25, 0.3) is 0 Å². The smallest absolute Gasteiger partial charge is 0.0311 e. The van der Waals surface area contributed by atoms with Crippen molar-refractivity contribution >= 4 is 0 Å². The van der Waals surface area contributed by atoms with Crippen LogP contribution in [0.2, 0.25) is 0 Å². The fraction of sp³-hybridized carbons (Fsp3) is 0.273. The van der Waals surface area contributed by atoms with E-state index in [0.29, 0.717) is 5.92 Å². The maximum Gasteiger partial charge on any atom is 0.0311 e. The molecular formula is C11H10. The lowest BCUT2D eigenvalue weighted by Crippen LogP contribution is -1.75. The number of rotatable bonds is 0. The standard InChI is InChI=1S/C11H10/c1-9-3-2-4-11(9)8-7-10-5-6-10/h2-4,10H,1,5-6H2. The molecule has 0 heteroatoms. The van der Waals surface area contributed by atoms with Gasteiger partial charge in [0, 0.05) is 11.5 Å². The first-order valence-corrected chi connectivity index (χ1v) is 3.95. The van der Waals surface area contributed by atoms with Crippen LogP contribution in [0.25, 0.3) is 0 Å². The lowest BCUT2D eigenvalue weighted by atomic mass is 10.1. The number of allylic oxidation sites excluding steroid dienone is 5. The van der Waals surface area contributed by atoms with Gasteiger partial charge in [0.05, 0.1) is 0 Å². The Hall–Kier alpha value is -1.22. The third kappa shape index (κ3) is 1.43. The molecule has 0 heterocycles. The molecule has 54 valence electrons. The van der Waals surface area contributed by atoms with Gasteiger partial charge in [0.1, 0.15) is 0 Å². The van der Waals surface area contributed by atoms with Crippen LogP contribution in [0.5, 0.6) is 0 Å². The quantitative estimate of drug-likeness (QED) is 0.456. The molecule has 2 rings (SSSR count). The van der Waals surface area contributed by atoms with Crippen LogP contribution in [-0.4, -0.2) is 0 Å². The maximum absolute atomic E-state index is 3.88. The van der Waals surface area contributed by atoms with Crippen molar-refractivity contribution in [3.05, 3.63) is 36.0 Å². The minimum absolute atomic E-state index is 0.685. The molecule has 1 fully saturated rings. The van der Waals surface area contributed by atoms with Gasteiger partial charge >= 0.3 is 0 Å². The molecule has 11 heavy (non-hydrogen) atoms. The zero-order valence-electron chi connectivity index (χ0n) is 6.43. The minimum Gasteiger partial charge on any atom is -0.0945 e. The molecule has 0 spiro atoms. The fourth-order valence-corrected chi connectivity index (χ4v) is 0.987. The Morgan fingerprint density at radius 2 is 2.27 bits per heavy atom. The van der Waals surface area contributed by atoms with Crippen molar-refractivity contribution < 1.29 is 0 Å². The molecule has 0 atom stereocenters. The van der Waals surface area contributed by atoms with Crippen LogP contribution in [0, 0.1) is 17.8 Å². The van der Waals surface area contributed by atoms with Crippen LogP contribution in [0.4, 0.5) is 0 Å². The Labute approximate surface area is 67.3 Å². The second-order valence-electron chi connectivity index (χ2n) is 3.01. The summed E-state index contributed by atoms with van der Waals surface area (Å²) < 4.78 is 0. The van der Waals surface area contributed by atoms with Gasteiger partial charge in [0.15, 0.2) is 0 Å². The van der Waals surface area contributed by atoms with E-state index in [1.165, 1.54) is 12.8 Å². The lowest BCUT2D eigenvalue weighted by molar-refractivity contribution is 1.18. The SMILES string of the molecule is C=C1C=CC=C1C#CC1CC1. The summed E-state index contributed by atoms with van der Waals surface area (Å²) in [5.74, 6) is 7.04. The maximum atomic E-state index is 3.88. The summed E-state index contributed by atoms with van der Waals surface area (Å²) in [5, 5.41) is 0. The topological polar surface area (TPSA) is 0 Å². The lowest BCUT2D eigenvalue weighted by Gasteiger charge is -1.88. The molecule has 0 aromatic rings. The van der Waals surface area contributed by atoms with Crippen LogP contribution in [0.3, 0.4) is 0 Å². The summed E-state index contributed by atoms with van der Waals surface area (Å²) in [6.07, 6.45) is 8.61. The normalized spacial score (nSPS) is 21.1. The summed E-state index contributed by atoms with van der Waals surface area (Å²) >= 11 is 0. The van der Waals surface area contributed by atoms with E-state index in [-0.39, 0.29) is 0 Å². The van der Waals surface area contributed by atoms with Gasteiger partial charge in [-0.05, 0) is 24.5 Å². The third-order valence-corrected chi connectivity index (χ3v) is 1.89. The van der Waals surface area contributed by atoms with Crippen LogP contribution in [-0.2, 0) is 0 Å². The molecule has 1 saturated carbocycles. The number of hydrogen-bond donors (Lipinski definition) is 0. The highest BCUT2D eigenvalue weighted by atomic mass is 14.2. The molecule has 0 aromatic heterocycles. The zero-order chi connectivity index (χ0) is 7.68. The number of hydrogen-bond acceptors (Lipinski definition) is 0. The minimum atomic E-state index is 0.685. The summed E-state index contributed by atoms with van der Waals surface area (Å²) in [6, 6.07) is 0. The van der Waals surface area contributed by atoms with E-state index in [4.69, 9.17) is 0 Å². The zero-order valence-corrected chi connectivity index (χ0v) is 6.43. The first kappa shape index (κ1) is 6.49. The van der Waals surface area contributed by atoms with Crippen molar-refractivity contribution in [1.82, 2.24) is 0 Å². The van der Waals surface area contributed by atoms with E-state index in [0.717, 1.165) is 11.1 Å². The van der Waals surface area contributed by atoms with Gasteiger partial charge in [-0.3, -0.25) is 0 Å². The van der Waals surface area contributed by atoms with Gasteiger partial charge in [-0.15, -0.1) is 0 Å². The van der Waals surface area contributed by atoms with E-state index in [2.05, 4.69) is 18.4 Å². The van der Waals surface area contributed by atoms with Crippen molar-refractivity contribution in [3.63, 3.8) is 0 Å². The average Bonchev–Trinajstić information content (AvgIpc) is 2.73. The molecule has 0 aromatic carbocycles. The van der Waals surface area contributed by atoms with E-state index in [1.54, 1.807) is 0 Å². The van der Waals surface area contributed by atoms with E-state index in [1.807, 2.05) is 18.2 Å². The molecule has 0 unspecified atom stereocenters. The Kier molecular flexibility index (Phi) is 1.43. The van der Waals surface area contributed by atoms with Crippen molar-refractivity contribution in [2.75, 3.05) is 0 Å². The van der Waals surface area contributed by atoms with Crippen LogP contribution < -0.4 is 0 Å². The molecule has 0 bridgehead atoms. The molecule has 0 aliphatic heterocycles. The second kappa shape index (κ2) is 2.43. The van der Waals surface area contributed by atoms with Crippen molar-refractivity contribution in [1.29, 1.82) is 0 Å². The highest BCUT2D eigenvalue weighted by Gasteiger charge is 2.17. The third-order valence-electron chi connectivity index (χ3n) is 1.89. The molecule has 0 nitrogen and oxygen atoms in total. The predicted molar refractivity (Wildman–Crippen MR) is 46.9 cm³/mol. The molecule has 0 saturated heterocycles. The van der Waals surface area contributed by atoms with Crippen molar-refractivity contribution in [2.24, 2.45) is 5.92 Å². The van der Waals surface area contributed by atoms with Gasteiger partial charge in [0.2, 0.25) is 0 Å². The highest BCUT2D eigenvalue weighted by molar-refractivity contribution is 5.56. The Balaban J connectivity index is 2.08. The summed E-state index contributed by atoms with van der Waals surface area (Å²) in [6.45, 7) is 3.88. The second-order valence-corrected chi connectivity index (χ2v) is 3.01. The van der Waals surface area contributed by atoms with Crippen LogP contribution in [0.1, 0.15) is 12.8 Å². The first-order valence-electron chi connectivity index (χ1n) is 3.95. The Morgan fingerprint density at radius 1 is 1.45 bits per heavy atom. The summed E-state index contributed by atoms with van der Waals surface area (Å²) in [4.78, 5) is 0. The largest absolute Gasteiger partial charge is 0.0945 e. The molecule has 0 radical (unpaired) electrons. The summed E-state index contributed by atoms with van der Waals surface area (Å²) in [5.41, 5.74) is 2.15. The Morgan fingerprint density at radius 3 is 2.82 bits per heavy atom. The molecule has 2 aliphatic rings. The first-order chi connectivity index (χ1) is 5.36. The van der Waals surface area contributed by atoms with Gasteiger partial charge in [-0.1, -0.05) is 30.6 Å². The predicted octanol–water partition coefficient (Wildman–Crippen LogP) is 2.45. The molecular weight excluding hydrogens is 132 g/mol. The van der Waals surface area contributed by atoms with Crippen LogP contribution >= 0.6 is 0 Å². The fourth-order valence-electron chi connectivity index (χ4n) is 0.987. The molecule has 0 amide bonds. The van der Waals surface area contributed by atoms with E-state index < -0.39 is 0 Å². The summed E-state index contributed by atoms with van der Waals surface area (Å²) in [7, 11) is 0. The van der Waals surface area contributed by atoms with Gasteiger partial charge in [-0.2, -0.15) is 0 Å². The average molecular weight is 142 g/mol. The highest BCUT2D eigenvalue weighted by Crippen LogP contribution is 2.28. The van der Waals surface area contributed by atoms with Crippen molar-refractivity contribution in [2.45, 2.75) is 12.8 Å². The van der Waals surface area contributed by atoms with Gasteiger partial charge in [-0.25, -0.2) is 0 Å². The van der Waals surface area contributed by atoms with E-state index >= 15 is 0 Å². The van der Waals surface area contributed by atoms with Crippen molar-refractivity contribution in [3.8, 4) is 11.8 Å². The van der Waals surface area contributed by atoms with Crippen LogP contribution in [0.15, 0.2) is 36.0 Å². The molecule has 2 aliphatic carbocycles. The van der Waals surface area contributed by atoms with Gasteiger partial charge < -0.3 is 0 Å². The molecule has 0 N–H and O–H groups in total. The monoisotopic (exact) mass is 142 g/mol.